The van der Waals surface area contributed by atoms with Crippen LogP contribution < -0.4 is 10.5 Å². The lowest BCUT2D eigenvalue weighted by atomic mass is 10.1. The maximum absolute atomic E-state index is 12.7. The molecule has 172 valence electrons. The van der Waals surface area contributed by atoms with Gasteiger partial charge in [0.25, 0.3) is 0 Å². The van der Waals surface area contributed by atoms with Crippen molar-refractivity contribution < 1.29 is 22.6 Å². The summed E-state index contributed by atoms with van der Waals surface area (Å²) >= 11 is 0. The molecule has 1 heterocycles. The van der Waals surface area contributed by atoms with Crippen molar-refractivity contribution in [3.63, 3.8) is 0 Å². The van der Waals surface area contributed by atoms with Crippen LogP contribution in [0.5, 0.6) is 5.75 Å². The molecule has 0 spiro atoms. The molecule has 0 unspecified atom stereocenters. The van der Waals surface area contributed by atoms with Crippen LogP contribution >= 0.6 is 0 Å². The summed E-state index contributed by atoms with van der Waals surface area (Å²) in [5.74, 6) is 0.925. The van der Waals surface area contributed by atoms with E-state index in [0.717, 1.165) is 23.3 Å². The minimum absolute atomic E-state index is 0.0471. The molecule has 2 aromatic carbocycles. The highest BCUT2D eigenvalue weighted by molar-refractivity contribution is 5.97. The van der Waals surface area contributed by atoms with E-state index in [1.165, 1.54) is 12.1 Å². The molecule has 9 heteroatoms. The van der Waals surface area contributed by atoms with Gasteiger partial charge in [0.15, 0.2) is 0 Å². The summed E-state index contributed by atoms with van der Waals surface area (Å²) in [6, 6.07) is 11.7. The number of rotatable bonds is 7. The topological polar surface area (TPSA) is 74.7 Å². The Labute approximate surface area is 189 Å². The Kier molecular flexibility index (Phi) is 6.91. The molecular formula is C24H23F3N4O2. The molecule has 0 atom stereocenters. The molecule has 0 aliphatic carbocycles. The molecule has 0 bridgehead atoms. The van der Waals surface area contributed by atoms with Crippen LogP contribution in [0, 0.1) is 0 Å². The second-order valence-electron chi connectivity index (χ2n) is 7.10. The largest absolute Gasteiger partial charge is 0.487 e. The van der Waals surface area contributed by atoms with Gasteiger partial charge in [0.05, 0.1) is 23.0 Å². The van der Waals surface area contributed by atoms with Gasteiger partial charge in [-0.1, -0.05) is 25.3 Å². The zero-order valence-corrected chi connectivity index (χ0v) is 18.2. The molecule has 0 aliphatic heterocycles. The molecule has 0 saturated carbocycles. The van der Waals surface area contributed by atoms with Gasteiger partial charge in [0.1, 0.15) is 18.1 Å². The number of hydrogen-bond donors (Lipinski definition) is 1. The van der Waals surface area contributed by atoms with Gasteiger partial charge in [-0.3, -0.25) is 9.67 Å². The van der Waals surface area contributed by atoms with Crippen LogP contribution in [0.3, 0.4) is 0 Å². The van der Waals surface area contributed by atoms with E-state index >= 15 is 0 Å². The number of aryl methyl sites for hydroxylation is 1. The van der Waals surface area contributed by atoms with E-state index in [4.69, 9.17) is 15.2 Å². The van der Waals surface area contributed by atoms with E-state index in [9.17, 15) is 13.2 Å². The number of alkyl halides is 3. The van der Waals surface area contributed by atoms with Crippen molar-refractivity contribution in [3.8, 4) is 5.75 Å². The van der Waals surface area contributed by atoms with Crippen molar-refractivity contribution in [3.05, 3.63) is 95.8 Å². The third-order valence-corrected chi connectivity index (χ3v) is 4.84. The molecule has 0 fully saturated rings. The lowest BCUT2D eigenvalue weighted by Gasteiger charge is -2.13. The average Bonchev–Trinajstić information content (AvgIpc) is 3.16. The fourth-order valence-electron chi connectivity index (χ4n) is 2.99. The number of aromatic nitrogens is 2. The van der Waals surface area contributed by atoms with Crippen molar-refractivity contribution in [1.29, 1.82) is 0 Å². The smallest absolute Gasteiger partial charge is 0.416 e. The summed E-state index contributed by atoms with van der Waals surface area (Å²) in [5, 5.41) is 4.22. The molecule has 3 aromatic rings. The second kappa shape index (κ2) is 9.64. The Bertz CT molecular complexity index is 1180. The van der Waals surface area contributed by atoms with Gasteiger partial charge in [0, 0.05) is 25.4 Å². The highest BCUT2D eigenvalue weighted by atomic mass is 19.4. The maximum Gasteiger partial charge on any atom is 0.416 e. The number of nitrogens with zero attached hydrogens (tertiary/aromatic N) is 3. The summed E-state index contributed by atoms with van der Waals surface area (Å²) in [4.78, 5) is 4.19. The normalized spacial score (nSPS) is 11.8. The predicted octanol–water partition coefficient (Wildman–Crippen LogP) is 5.01. The van der Waals surface area contributed by atoms with Crippen LogP contribution in [0.25, 0.3) is 11.5 Å². The zero-order valence-electron chi connectivity index (χ0n) is 18.2. The van der Waals surface area contributed by atoms with Crippen LogP contribution in [-0.2, 0) is 24.6 Å². The molecule has 0 aliphatic rings. The maximum atomic E-state index is 12.7. The van der Waals surface area contributed by atoms with Crippen molar-refractivity contribution in [2.75, 3.05) is 7.05 Å². The van der Waals surface area contributed by atoms with E-state index in [1.54, 1.807) is 37.1 Å². The van der Waals surface area contributed by atoms with E-state index in [0.29, 0.717) is 34.4 Å². The summed E-state index contributed by atoms with van der Waals surface area (Å²) < 4.78 is 51.4. The van der Waals surface area contributed by atoms with Gasteiger partial charge in [0.2, 0.25) is 5.90 Å². The first-order valence-corrected chi connectivity index (χ1v) is 9.80. The number of halogens is 3. The van der Waals surface area contributed by atoms with Crippen LogP contribution in [-0.4, -0.2) is 22.7 Å². The van der Waals surface area contributed by atoms with Crippen LogP contribution in [0.2, 0.25) is 0 Å². The number of nitrogens with two attached hydrogens (primary N) is 1. The molecule has 2 N–H and O–H groups in total. The first-order chi connectivity index (χ1) is 15.6. The zero-order chi connectivity index (χ0) is 24.2. The Hall–Kier alpha value is -4.01. The number of ether oxygens (including phenoxy) is 2. The predicted molar refractivity (Wildman–Crippen MR) is 121 cm³/mol. The Balaban J connectivity index is 1.72. The quantitative estimate of drug-likeness (QED) is 0.308. The summed E-state index contributed by atoms with van der Waals surface area (Å²) in [5.41, 5.74) is 8.14. The molecular weight excluding hydrogens is 433 g/mol. The summed E-state index contributed by atoms with van der Waals surface area (Å²) in [6.07, 6.45) is -2.83. The Morgan fingerprint density at radius 1 is 1.06 bits per heavy atom. The third-order valence-electron chi connectivity index (χ3n) is 4.84. The summed E-state index contributed by atoms with van der Waals surface area (Å²) in [7, 11) is 3.31. The first kappa shape index (κ1) is 23.6. The van der Waals surface area contributed by atoms with Crippen LogP contribution in [0.15, 0.2) is 72.9 Å². The molecule has 0 radical (unpaired) electrons. The fraction of sp³-hybridized carbons (Fsp3) is 0.167. The van der Waals surface area contributed by atoms with Gasteiger partial charge in [-0.15, -0.1) is 0 Å². The number of benzene rings is 2. The lowest BCUT2D eigenvalue weighted by Crippen LogP contribution is -2.09. The van der Waals surface area contributed by atoms with Gasteiger partial charge in [-0.2, -0.15) is 18.3 Å². The molecule has 0 saturated heterocycles. The standard InChI is InChI=1S/C24H23F3N4O2/c1-15(28)17-5-7-18(8-6-17)23(29-3)33-16(2)21-13-30-31(4)22(21)14-32-20-11-9-19(10-12-20)24(25,26)27/h5-13H,1-2,14,28H2,3-4H3. The van der Waals surface area contributed by atoms with Gasteiger partial charge < -0.3 is 15.2 Å². The lowest BCUT2D eigenvalue weighted by molar-refractivity contribution is -0.137. The van der Waals surface area contributed by atoms with Gasteiger partial charge >= 0.3 is 6.18 Å². The second-order valence-corrected chi connectivity index (χ2v) is 7.10. The minimum Gasteiger partial charge on any atom is -0.487 e. The van der Waals surface area contributed by atoms with Crippen molar-refractivity contribution in [1.82, 2.24) is 9.78 Å². The molecule has 6 nitrogen and oxygen atoms in total. The average molecular weight is 456 g/mol. The summed E-state index contributed by atoms with van der Waals surface area (Å²) in [6.45, 7) is 7.73. The highest BCUT2D eigenvalue weighted by Gasteiger charge is 2.30. The van der Waals surface area contributed by atoms with Crippen molar-refractivity contribution >= 4 is 17.4 Å². The van der Waals surface area contributed by atoms with E-state index in [-0.39, 0.29) is 6.61 Å². The van der Waals surface area contributed by atoms with E-state index < -0.39 is 11.7 Å². The molecule has 33 heavy (non-hydrogen) atoms. The fourth-order valence-corrected chi connectivity index (χ4v) is 2.99. The van der Waals surface area contributed by atoms with E-state index in [1.807, 2.05) is 12.1 Å². The van der Waals surface area contributed by atoms with Gasteiger partial charge in [-0.25, -0.2) is 0 Å². The first-order valence-electron chi connectivity index (χ1n) is 9.80. The van der Waals surface area contributed by atoms with Crippen molar-refractivity contribution in [2.45, 2.75) is 12.8 Å². The highest BCUT2D eigenvalue weighted by Crippen LogP contribution is 2.30. The number of aliphatic imine (C=N–C) groups is 1. The Morgan fingerprint density at radius 3 is 2.21 bits per heavy atom. The van der Waals surface area contributed by atoms with E-state index in [2.05, 4.69) is 23.2 Å². The minimum atomic E-state index is -4.40. The molecule has 0 amide bonds. The third kappa shape index (κ3) is 5.62. The Morgan fingerprint density at radius 2 is 1.67 bits per heavy atom. The number of hydrogen-bond acceptors (Lipinski definition) is 5. The molecule has 1 aromatic heterocycles. The monoisotopic (exact) mass is 456 g/mol. The van der Waals surface area contributed by atoms with Crippen molar-refractivity contribution in [2.24, 2.45) is 17.8 Å². The SMILES string of the molecule is C=C(N)c1ccc(C(=NC)OC(=C)c2cnn(C)c2COc2ccc(C(F)(F)F)cc2)cc1. The van der Waals surface area contributed by atoms with Gasteiger partial charge in [-0.05, 0) is 42.0 Å². The molecule has 3 rings (SSSR count). The van der Waals surface area contributed by atoms with Crippen LogP contribution in [0.1, 0.15) is 27.9 Å². The van der Waals surface area contributed by atoms with Crippen LogP contribution in [0.4, 0.5) is 13.2 Å².